The van der Waals surface area contributed by atoms with E-state index in [1.165, 1.54) is 23.3 Å². The maximum Gasteiger partial charge on any atom is 0.394 e. The Morgan fingerprint density at radius 3 is 2.51 bits per heavy atom. The third-order valence-corrected chi connectivity index (χ3v) is 8.67. The quantitative estimate of drug-likeness (QED) is 0.215. The molecular weight excluding hydrogens is 624 g/mol. The average Bonchev–Trinajstić information content (AvgIpc) is 3.34. The molecule has 4 aromatic rings. The first-order valence-corrected chi connectivity index (χ1v) is 15.0. The number of carbonyl (C=O) groups excluding carboxylic acids is 1. The molecule has 10 nitrogen and oxygen atoms in total. The second-order valence-corrected chi connectivity index (χ2v) is 11.9. The monoisotopic (exact) mass is 651 g/mol. The summed E-state index contributed by atoms with van der Waals surface area (Å²) in [5, 5.41) is 12.2. The number of thiazole rings is 1. The molecule has 1 N–H and O–H groups in total. The number of hydrogen-bond acceptors (Lipinski definition) is 8. The van der Waals surface area contributed by atoms with E-state index in [0.29, 0.717) is 22.3 Å². The molecule has 1 aliphatic carbocycles. The van der Waals surface area contributed by atoms with Crippen molar-refractivity contribution >= 4 is 34.9 Å². The number of alkyl halides is 6. The fraction of sp³-hybridized carbons (Fsp3) is 0.429. The van der Waals surface area contributed by atoms with Crippen LogP contribution in [0.5, 0.6) is 0 Å². The number of pyridine rings is 1. The number of rotatable bonds is 8. The molecule has 2 aliphatic rings. The average molecular weight is 652 g/mol. The van der Waals surface area contributed by atoms with Crippen molar-refractivity contribution in [1.29, 1.82) is 0 Å². The standard InChI is InChI=1S/C28H27F6N9OS/c1-16(27(29,30)31)4-7-42-15-37-40-24(42)26-39-23(13-45-26)38-25(44)19-10-21(43-12-20(36-14-43)17-2-3-17)22(11-35-19)41-8-5-18(6-9-41)28(32,33)34/h4,7,10-18H,2-3,5-6,8-9H2,1H3,(H,38,44)/b7-4+/t16-/m1/s1. The number of anilines is 2. The normalized spacial score (nSPS) is 17.3. The van der Waals surface area contributed by atoms with Crippen molar-refractivity contribution in [2.75, 3.05) is 23.3 Å². The molecular formula is C28H27F6N9OS. The lowest BCUT2D eigenvalue weighted by molar-refractivity contribution is -0.179. The van der Waals surface area contributed by atoms with Crippen LogP contribution in [0.4, 0.5) is 37.8 Å². The largest absolute Gasteiger partial charge is 0.394 e. The van der Waals surface area contributed by atoms with E-state index in [1.54, 1.807) is 22.3 Å². The van der Waals surface area contributed by atoms with Crippen LogP contribution < -0.4 is 10.2 Å². The van der Waals surface area contributed by atoms with Crippen molar-refractivity contribution in [2.24, 2.45) is 11.8 Å². The van der Waals surface area contributed by atoms with E-state index in [0.717, 1.165) is 42.9 Å². The van der Waals surface area contributed by atoms with E-state index in [2.05, 4.69) is 30.5 Å². The van der Waals surface area contributed by atoms with Gasteiger partial charge in [-0.05, 0) is 31.7 Å². The number of nitrogens with zero attached hydrogens (tertiary/aromatic N) is 8. The number of nitrogens with one attached hydrogen (secondary N) is 1. The van der Waals surface area contributed by atoms with Gasteiger partial charge in [0.05, 0.1) is 41.4 Å². The third kappa shape index (κ3) is 6.87. The Bertz CT molecular complexity index is 1700. The predicted octanol–water partition coefficient (Wildman–Crippen LogP) is 6.56. The zero-order chi connectivity index (χ0) is 31.9. The molecule has 2 fully saturated rings. The molecule has 5 heterocycles. The van der Waals surface area contributed by atoms with Gasteiger partial charge in [0.1, 0.15) is 17.8 Å². The van der Waals surface area contributed by atoms with Gasteiger partial charge in [-0.1, -0.05) is 13.0 Å². The Balaban J connectivity index is 1.21. The van der Waals surface area contributed by atoms with Crippen LogP contribution in [0.15, 0.2) is 42.6 Å². The van der Waals surface area contributed by atoms with Gasteiger partial charge in [0.15, 0.2) is 10.8 Å². The van der Waals surface area contributed by atoms with Gasteiger partial charge in [-0.25, -0.2) is 15.0 Å². The van der Waals surface area contributed by atoms with Gasteiger partial charge in [0.25, 0.3) is 5.91 Å². The van der Waals surface area contributed by atoms with Gasteiger partial charge in [0, 0.05) is 36.8 Å². The predicted molar refractivity (Wildman–Crippen MR) is 154 cm³/mol. The van der Waals surface area contributed by atoms with Gasteiger partial charge in [-0.2, -0.15) is 26.3 Å². The first-order valence-electron chi connectivity index (χ1n) is 14.1. The maximum absolute atomic E-state index is 13.3. The highest BCUT2D eigenvalue weighted by Crippen LogP contribution is 2.40. The number of aromatic nitrogens is 7. The maximum atomic E-state index is 13.3. The van der Waals surface area contributed by atoms with Crippen LogP contribution in [0.25, 0.3) is 22.7 Å². The molecule has 6 rings (SSSR count). The molecule has 1 saturated heterocycles. The Kier molecular flexibility index (Phi) is 8.13. The van der Waals surface area contributed by atoms with Crippen LogP contribution in [0.1, 0.15) is 54.7 Å². The summed E-state index contributed by atoms with van der Waals surface area (Å²) in [6, 6.07) is 1.56. The minimum atomic E-state index is -4.39. The summed E-state index contributed by atoms with van der Waals surface area (Å²) >= 11 is 1.11. The highest BCUT2D eigenvalue weighted by atomic mass is 32.1. The molecule has 4 aromatic heterocycles. The number of allylic oxidation sites excluding steroid dienone is 1. The Morgan fingerprint density at radius 1 is 1.07 bits per heavy atom. The molecule has 1 amide bonds. The zero-order valence-electron chi connectivity index (χ0n) is 23.8. The van der Waals surface area contributed by atoms with Crippen LogP contribution in [0.2, 0.25) is 0 Å². The number of halogens is 6. The molecule has 0 spiro atoms. The van der Waals surface area contributed by atoms with Crippen LogP contribution in [0, 0.1) is 11.8 Å². The molecule has 0 aromatic carbocycles. The Hall–Kier alpha value is -4.28. The fourth-order valence-electron chi connectivity index (χ4n) is 4.97. The van der Waals surface area contributed by atoms with Gasteiger partial charge in [-0.3, -0.25) is 9.36 Å². The Labute approximate surface area is 256 Å². The highest BCUT2D eigenvalue weighted by molar-refractivity contribution is 7.13. The highest BCUT2D eigenvalue weighted by Gasteiger charge is 2.41. The minimum Gasteiger partial charge on any atom is -0.369 e. The van der Waals surface area contributed by atoms with Crippen molar-refractivity contribution in [3.05, 3.63) is 54.0 Å². The molecule has 1 aliphatic heterocycles. The van der Waals surface area contributed by atoms with E-state index < -0.39 is 30.1 Å². The molecule has 0 radical (unpaired) electrons. The van der Waals surface area contributed by atoms with E-state index in [-0.39, 0.29) is 43.3 Å². The van der Waals surface area contributed by atoms with Crippen molar-refractivity contribution in [3.63, 3.8) is 0 Å². The molecule has 1 saturated carbocycles. The molecule has 1 atom stereocenters. The second kappa shape index (κ2) is 11.9. The summed E-state index contributed by atoms with van der Waals surface area (Å²) in [4.78, 5) is 28.3. The zero-order valence-corrected chi connectivity index (χ0v) is 24.6. The number of carbonyl (C=O) groups is 1. The number of piperidine rings is 1. The molecule has 45 heavy (non-hydrogen) atoms. The third-order valence-electron chi connectivity index (χ3n) is 7.83. The lowest BCUT2D eigenvalue weighted by Crippen LogP contribution is -2.39. The smallest absolute Gasteiger partial charge is 0.369 e. The van der Waals surface area contributed by atoms with Gasteiger partial charge in [0.2, 0.25) is 0 Å². The van der Waals surface area contributed by atoms with Crippen LogP contribution >= 0.6 is 11.3 Å². The summed E-state index contributed by atoms with van der Waals surface area (Å²) in [5.41, 5.74) is 2.11. The van der Waals surface area contributed by atoms with E-state index in [4.69, 9.17) is 0 Å². The minimum absolute atomic E-state index is 0.0422. The summed E-state index contributed by atoms with van der Waals surface area (Å²) in [6.07, 6.45) is 1.76. The lowest BCUT2D eigenvalue weighted by atomic mass is 9.96. The number of amides is 1. The van der Waals surface area contributed by atoms with Crippen molar-refractivity contribution < 1.29 is 31.1 Å². The number of imidazole rings is 1. The first kappa shape index (κ1) is 30.7. The topological polar surface area (TPSA) is 107 Å². The second-order valence-electron chi connectivity index (χ2n) is 11.1. The molecule has 238 valence electrons. The summed E-state index contributed by atoms with van der Waals surface area (Å²) in [6.45, 7) is 1.40. The summed E-state index contributed by atoms with van der Waals surface area (Å²) < 4.78 is 81.6. The van der Waals surface area contributed by atoms with E-state index in [9.17, 15) is 31.1 Å². The van der Waals surface area contributed by atoms with E-state index in [1.807, 2.05) is 11.1 Å². The fourth-order valence-corrected chi connectivity index (χ4v) is 5.71. The van der Waals surface area contributed by atoms with Crippen LogP contribution in [-0.2, 0) is 0 Å². The molecule has 0 unspecified atom stereocenters. The van der Waals surface area contributed by atoms with E-state index >= 15 is 0 Å². The van der Waals surface area contributed by atoms with Crippen molar-refractivity contribution in [2.45, 2.75) is 50.9 Å². The van der Waals surface area contributed by atoms with Crippen LogP contribution in [0.3, 0.4) is 0 Å². The van der Waals surface area contributed by atoms with Gasteiger partial charge >= 0.3 is 12.4 Å². The lowest BCUT2D eigenvalue weighted by Gasteiger charge is -2.35. The van der Waals surface area contributed by atoms with Gasteiger partial charge < -0.3 is 14.8 Å². The van der Waals surface area contributed by atoms with Crippen molar-refractivity contribution in [3.8, 4) is 16.5 Å². The Morgan fingerprint density at radius 2 is 1.82 bits per heavy atom. The molecule has 0 bridgehead atoms. The van der Waals surface area contributed by atoms with Crippen molar-refractivity contribution in [1.82, 2.24) is 34.3 Å². The van der Waals surface area contributed by atoms with Gasteiger partial charge in [-0.15, -0.1) is 21.5 Å². The summed E-state index contributed by atoms with van der Waals surface area (Å²) in [5.74, 6) is -2.90. The number of hydrogen-bond donors (Lipinski definition) is 1. The van der Waals surface area contributed by atoms with Crippen LogP contribution in [-0.4, -0.2) is 65.6 Å². The SMILES string of the molecule is C[C@H](/C=C/n1cnnc1-c1nc(NC(=O)c2cc(-n3cnc(C4CC4)c3)c(N3CCC(C(F)(F)F)CC3)cn2)cs1)C(F)(F)F. The molecule has 17 heteroatoms. The first-order chi connectivity index (χ1) is 21.4. The summed E-state index contributed by atoms with van der Waals surface area (Å²) in [7, 11) is 0.